The fraction of sp³-hybridized carbons (Fsp3) is 1.00. The first-order valence-corrected chi connectivity index (χ1v) is 7.39. The number of nitrogens with zero attached hydrogens (tertiary/aromatic N) is 1. The number of hydrogen-bond acceptors (Lipinski definition) is 3. The van der Waals surface area contributed by atoms with E-state index in [1.807, 2.05) is 0 Å². The zero-order chi connectivity index (χ0) is 18.7. The van der Waals surface area contributed by atoms with Gasteiger partial charge in [-0.1, -0.05) is 13.8 Å². The van der Waals surface area contributed by atoms with E-state index in [4.69, 9.17) is 0 Å². The molecular weight excluding hydrogens is 367 g/mol. The van der Waals surface area contributed by atoms with Crippen LogP contribution in [-0.2, 0) is 11.4 Å². The molecule has 0 aliphatic heterocycles. The Bertz CT molecular complexity index is 374. The number of likely N-dealkylation sites (N-methyl/N-ethyl adjacent to an activating group) is 1. The highest BCUT2D eigenvalue weighted by atomic mass is 32.2. The van der Waals surface area contributed by atoms with Crippen molar-refractivity contribution in [2.75, 3.05) is 26.2 Å². The summed E-state index contributed by atoms with van der Waals surface area (Å²) >= 11 is -4.14. The first-order valence-electron chi connectivity index (χ1n) is 6.24. The summed E-state index contributed by atoms with van der Waals surface area (Å²) < 4.78 is 126. The molecule has 0 aromatic carbocycles. The summed E-state index contributed by atoms with van der Waals surface area (Å²) in [7, 11) is 0. The van der Waals surface area contributed by atoms with Crippen LogP contribution in [0, 0.1) is 0 Å². The molecule has 0 aromatic heterocycles. The SMILES string of the molecule is CCN(CC)CCN[S+]([O-])C(F)(F)C(F)(F)C(F)(F)C(F)(F)F. The average molecular weight is 382 g/mol. The standard InChI is InChI=1S/C10H15F9N2OS/c1-3-21(4-2)6-5-20-23(22)10(18,19)8(13,14)7(11,12)9(15,16)17/h20H,3-6H2,1-2H3. The molecule has 3 nitrogen and oxygen atoms in total. The average Bonchev–Trinajstić information content (AvgIpc) is 2.41. The van der Waals surface area contributed by atoms with Crippen molar-refractivity contribution >= 4 is 11.4 Å². The van der Waals surface area contributed by atoms with Crippen molar-refractivity contribution in [1.82, 2.24) is 9.62 Å². The molecule has 0 aromatic rings. The van der Waals surface area contributed by atoms with Gasteiger partial charge in [0.2, 0.25) is 0 Å². The third-order valence-corrected chi connectivity index (χ3v) is 4.09. The summed E-state index contributed by atoms with van der Waals surface area (Å²) in [6.45, 7) is 3.60. The Balaban J connectivity index is 5.08. The maximum absolute atomic E-state index is 13.2. The third kappa shape index (κ3) is 4.57. The van der Waals surface area contributed by atoms with Crippen LogP contribution >= 0.6 is 0 Å². The van der Waals surface area contributed by atoms with Gasteiger partial charge in [-0.05, 0) is 13.1 Å². The molecule has 13 heteroatoms. The number of rotatable bonds is 9. The number of nitrogens with one attached hydrogen (secondary N) is 1. The van der Waals surface area contributed by atoms with Crippen LogP contribution in [0.3, 0.4) is 0 Å². The van der Waals surface area contributed by atoms with Gasteiger partial charge >= 0.3 is 23.3 Å². The summed E-state index contributed by atoms with van der Waals surface area (Å²) in [4.78, 5) is 1.59. The Hall–Kier alpha value is -0.400. The highest BCUT2D eigenvalue weighted by Gasteiger charge is 2.86. The predicted octanol–water partition coefficient (Wildman–Crippen LogP) is 3.01. The second-order valence-corrected chi connectivity index (χ2v) is 5.69. The zero-order valence-electron chi connectivity index (χ0n) is 12.0. The van der Waals surface area contributed by atoms with Gasteiger partial charge in [-0.2, -0.15) is 30.7 Å². The molecule has 1 unspecified atom stereocenters. The molecule has 0 amide bonds. The quantitative estimate of drug-likeness (QED) is 0.492. The monoisotopic (exact) mass is 382 g/mol. The van der Waals surface area contributed by atoms with E-state index in [1.54, 1.807) is 18.7 Å². The topological polar surface area (TPSA) is 38.3 Å². The van der Waals surface area contributed by atoms with Crippen molar-refractivity contribution in [2.45, 2.75) is 37.1 Å². The van der Waals surface area contributed by atoms with Gasteiger partial charge in [0.1, 0.15) is 11.4 Å². The van der Waals surface area contributed by atoms with Gasteiger partial charge < -0.3 is 9.45 Å². The van der Waals surface area contributed by atoms with E-state index in [9.17, 15) is 44.1 Å². The molecule has 0 spiro atoms. The van der Waals surface area contributed by atoms with Gasteiger partial charge in [0, 0.05) is 6.54 Å². The van der Waals surface area contributed by atoms with Crippen molar-refractivity contribution in [3.8, 4) is 0 Å². The largest absolute Gasteiger partial charge is 0.593 e. The lowest BCUT2D eigenvalue weighted by atomic mass is 10.1. The lowest BCUT2D eigenvalue weighted by Crippen LogP contribution is -2.65. The minimum Gasteiger partial charge on any atom is -0.593 e. The number of halogens is 9. The smallest absolute Gasteiger partial charge is 0.497 e. The van der Waals surface area contributed by atoms with E-state index < -0.39 is 41.2 Å². The van der Waals surface area contributed by atoms with E-state index in [0.29, 0.717) is 13.1 Å². The van der Waals surface area contributed by atoms with Crippen molar-refractivity contribution in [3.63, 3.8) is 0 Å². The molecule has 0 heterocycles. The Morgan fingerprint density at radius 3 is 1.65 bits per heavy atom. The van der Waals surface area contributed by atoms with Crippen LogP contribution in [0.2, 0.25) is 0 Å². The minimum absolute atomic E-state index is 0.0456. The van der Waals surface area contributed by atoms with Gasteiger partial charge in [-0.15, -0.1) is 13.5 Å². The molecule has 0 aliphatic rings. The molecule has 140 valence electrons. The van der Waals surface area contributed by atoms with Gasteiger partial charge in [-0.3, -0.25) is 0 Å². The molecule has 0 rings (SSSR count). The third-order valence-electron chi connectivity index (χ3n) is 2.90. The molecular formula is C10H15F9N2OS. The normalized spacial score (nSPS) is 16.0. The van der Waals surface area contributed by atoms with Gasteiger partial charge in [0.15, 0.2) is 0 Å². The van der Waals surface area contributed by atoms with E-state index >= 15 is 0 Å². The molecule has 0 radical (unpaired) electrons. The molecule has 0 saturated heterocycles. The fourth-order valence-electron chi connectivity index (χ4n) is 1.40. The fourth-order valence-corrected chi connectivity index (χ4v) is 2.22. The molecule has 0 aliphatic carbocycles. The first-order chi connectivity index (χ1) is 10.2. The second kappa shape index (κ2) is 7.66. The van der Waals surface area contributed by atoms with Crippen molar-refractivity contribution in [1.29, 1.82) is 0 Å². The molecule has 1 atom stereocenters. The van der Waals surface area contributed by atoms with Crippen molar-refractivity contribution in [3.05, 3.63) is 0 Å². The first kappa shape index (κ1) is 22.6. The van der Waals surface area contributed by atoms with E-state index in [0.717, 1.165) is 0 Å². The molecule has 0 bridgehead atoms. The van der Waals surface area contributed by atoms with E-state index in [-0.39, 0.29) is 6.54 Å². The molecule has 23 heavy (non-hydrogen) atoms. The van der Waals surface area contributed by atoms with Gasteiger partial charge in [0.25, 0.3) is 0 Å². The van der Waals surface area contributed by atoms with Crippen LogP contribution in [0.4, 0.5) is 39.5 Å². The van der Waals surface area contributed by atoms with Crippen LogP contribution in [0.1, 0.15) is 13.8 Å². The van der Waals surface area contributed by atoms with Crippen LogP contribution in [-0.4, -0.2) is 58.9 Å². The minimum atomic E-state index is -7.04. The Kier molecular flexibility index (Phi) is 7.52. The molecule has 1 N–H and O–H groups in total. The molecule has 0 fully saturated rings. The van der Waals surface area contributed by atoms with Gasteiger partial charge in [0.05, 0.1) is 6.54 Å². The maximum Gasteiger partial charge on any atom is 0.497 e. The molecule has 0 saturated carbocycles. The summed E-state index contributed by atoms with van der Waals surface area (Å²) in [5.74, 6) is -13.9. The van der Waals surface area contributed by atoms with Crippen molar-refractivity contribution < 1.29 is 44.1 Å². The van der Waals surface area contributed by atoms with E-state index in [2.05, 4.69) is 0 Å². The Labute approximate surface area is 129 Å². The van der Waals surface area contributed by atoms with Gasteiger partial charge in [-0.25, -0.2) is 0 Å². The lowest BCUT2D eigenvalue weighted by molar-refractivity contribution is -0.382. The summed E-state index contributed by atoms with van der Waals surface area (Å²) in [6.07, 6.45) is -6.93. The van der Waals surface area contributed by atoms with Crippen LogP contribution in [0.25, 0.3) is 0 Å². The van der Waals surface area contributed by atoms with Crippen molar-refractivity contribution in [2.24, 2.45) is 0 Å². The maximum atomic E-state index is 13.2. The number of hydrogen-bond donors (Lipinski definition) is 1. The van der Waals surface area contributed by atoms with Crippen LogP contribution in [0.15, 0.2) is 0 Å². The number of alkyl halides is 9. The second-order valence-electron chi connectivity index (χ2n) is 4.35. The Morgan fingerprint density at radius 1 is 0.870 bits per heavy atom. The Morgan fingerprint density at radius 2 is 1.30 bits per heavy atom. The van der Waals surface area contributed by atoms with Crippen LogP contribution in [0.5, 0.6) is 0 Å². The highest BCUT2D eigenvalue weighted by Crippen LogP contribution is 2.54. The zero-order valence-corrected chi connectivity index (χ0v) is 12.8. The lowest BCUT2D eigenvalue weighted by Gasteiger charge is -2.33. The summed E-state index contributed by atoms with van der Waals surface area (Å²) in [6, 6.07) is 0. The van der Waals surface area contributed by atoms with E-state index in [1.165, 1.54) is 4.72 Å². The summed E-state index contributed by atoms with van der Waals surface area (Å²) in [5.41, 5.74) is 0. The summed E-state index contributed by atoms with van der Waals surface area (Å²) in [5, 5.41) is -6.13. The predicted molar refractivity (Wildman–Crippen MR) is 64.8 cm³/mol. The highest BCUT2D eigenvalue weighted by molar-refractivity contribution is 7.90. The van der Waals surface area contributed by atoms with Crippen LogP contribution < -0.4 is 4.72 Å².